The second-order valence-corrected chi connectivity index (χ2v) is 11.8. The molecule has 1 saturated heterocycles. The average molecular weight is 559 g/mol. The van der Waals surface area contributed by atoms with Gasteiger partial charge in [0.15, 0.2) is 12.4 Å². The van der Waals surface area contributed by atoms with Crippen LogP contribution in [0.1, 0.15) is 42.9 Å². The zero-order valence-electron chi connectivity index (χ0n) is 20.8. The third-order valence-corrected chi connectivity index (χ3v) is 8.27. The lowest BCUT2D eigenvalue weighted by Gasteiger charge is -2.41. The summed E-state index contributed by atoms with van der Waals surface area (Å²) in [7, 11) is -3.14. The van der Waals surface area contributed by atoms with Crippen LogP contribution in [0.3, 0.4) is 0 Å². The van der Waals surface area contributed by atoms with E-state index >= 15 is 0 Å². The Morgan fingerprint density at radius 1 is 1.24 bits per heavy atom. The van der Waals surface area contributed by atoms with E-state index in [2.05, 4.69) is 20.0 Å². The van der Waals surface area contributed by atoms with Crippen molar-refractivity contribution in [2.45, 2.75) is 45.3 Å². The van der Waals surface area contributed by atoms with Crippen molar-refractivity contribution in [1.82, 2.24) is 19.7 Å². The first-order valence-electron chi connectivity index (χ1n) is 11.7. The monoisotopic (exact) mass is 558 g/mol. The average Bonchev–Trinajstić information content (AvgIpc) is 3.16. The van der Waals surface area contributed by atoms with E-state index in [1.54, 1.807) is 11.3 Å². The molecule has 1 N–H and O–H groups in total. The van der Waals surface area contributed by atoms with Crippen LogP contribution in [-0.2, 0) is 9.84 Å². The topological polar surface area (TPSA) is 112 Å². The summed E-state index contributed by atoms with van der Waals surface area (Å²) in [5.74, 6) is -2.18. The number of aryl methyl sites for hydroxylation is 1. The van der Waals surface area contributed by atoms with E-state index in [4.69, 9.17) is 4.74 Å². The molecular weight excluding hydrogens is 532 g/mol. The SMILES string of the molecule is Cc1c(C(=O)NC2(C(C)C)CCS(=O)(=O)CC2)nc2ccc(Oc3ncc(F)cc3OCC(F)(F)F)cn12. The van der Waals surface area contributed by atoms with Crippen LogP contribution in [0.5, 0.6) is 17.4 Å². The zero-order chi connectivity index (χ0) is 27.9. The number of alkyl halides is 3. The maximum atomic E-state index is 13.6. The molecule has 1 amide bonds. The molecule has 0 saturated carbocycles. The van der Waals surface area contributed by atoms with E-state index in [0.717, 1.165) is 12.3 Å². The number of sulfone groups is 1. The highest BCUT2D eigenvalue weighted by atomic mass is 32.2. The number of hydrogen-bond donors (Lipinski definition) is 1. The normalized spacial score (nSPS) is 16.9. The Morgan fingerprint density at radius 2 is 1.92 bits per heavy atom. The van der Waals surface area contributed by atoms with Gasteiger partial charge in [0.1, 0.15) is 32.7 Å². The molecule has 0 spiro atoms. The summed E-state index contributed by atoms with van der Waals surface area (Å²) in [4.78, 5) is 21.3. The fourth-order valence-electron chi connectivity index (χ4n) is 4.31. The highest BCUT2D eigenvalue weighted by Gasteiger charge is 2.41. The molecule has 1 aliphatic rings. The number of aromatic nitrogens is 3. The minimum atomic E-state index is -4.65. The van der Waals surface area contributed by atoms with Gasteiger partial charge in [0, 0.05) is 11.6 Å². The lowest BCUT2D eigenvalue weighted by molar-refractivity contribution is -0.153. The lowest BCUT2D eigenvalue weighted by Crippen LogP contribution is -2.56. The molecule has 3 aromatic rings. The van der Waals surface area contributed by atoms with Crippen molar-refractivity contribution >= 4 is 21.4 Å². The van der Waals surface area contributed by atoms with Gasteiger partial charge in [0.05, 0.1) is 29.6 Å². The number of nitrogens with zero attached hydrogens (tertiary/aromatic N) is 3. The second-order valence-electron chi connectivity index (χ2n) is 9.52. The van der Waals surface area contributed by atoms with Crippen molar-refractivity contribution in [3.05, 3.63) is 47.8 Å². The molecule has 0 radical (unpaired) electrons. The van der Waals surface area contributed by atoms with E-state index in [0.29, 0.717) is 24.2 Å². The first-order chi connectivity index (χ1) is 17.7. The summed E-state index contributed by atoms with van der Waals surface area (Å²) >= 11 is 0. The maximum absolute atomic E-state index is 13.6. The minimum Gasteiger partial charge on any atom is -0.478 e. The number of rotatable bonds is 7. The molecule has 38 heavy (non-hydrogen) atoms. The number of carbonyl (C=O) groups excluding carboxylic acids is 1. The first kappa shape index (κ1) is 27.6. The van der Waals surface area contributed by atoms with E-state index < -0.39 is 45.6 Å². The van der Waals surface area contributed by atoms with Crippen LogP contribution in [0.4, 0.5) is 17.6 Å². The fraction of sp³-hybridized carbons (Fsp3) is 0.458. The van der Waals surface area contributed by atoms with Crippen molar-refractivity contribution < 1.29 is 40.2 Å². The highest BCUT2D eigenvalue weighted by Crippen LogP contribution is 2.33. The van der Waals surface area contributed by atoms with Crippen LogP contribution in [0.2, 0.25) is 0 Å². The predicted molar refractivity (Wildman–Crippen MR) is 129 cm³/mol. The largest absolute Gasteiger partial charge is 0.478 e. The van der Waals surface area contributed by atoms with E-state index in [1.165, 1.54) is 18.3 Å². The van der Waals surface area contributed by atoms with Gasteiger partial charge in [-0.25, -0.2) is 22.8 Å². The van der Waals surface area contributed by atoms with Crippen LogP contribution in [-0.4, -0.2) is 58.5 Å². The number of fused-ring (bicyclic) bond motifs is 1. The minimum absolute atomic E-state index is 0.0115. The van der Waals surface area contributed by atoms with Crippen LogP contribution in [0.25, 0.3) is 5.65 Å². The Labute approximate surface area is 216 Å². The summed E-state index contributed by atoms with van der Waals surface area (Å²) in [5, 5.41) is 3.02. The number of halogens is 4. The van der Waals surface area contributed by atoms with Crippen LogP contribution in [0, 0.1) is 18.7 Å². The number of nitrogens with one attached hydrogen (secondary N) is 1. The molecule has 3 aromatic heterocycles. The van der Waals surface area contributed by atoms with Gasteiger partial charge in [-0.15, -0.1) is 0 Å². The molecule has 4 rings (SSSR count). The lowest BCUT2D eigenvalue weighted by atomic mass is 9.81. The van der Waals surface area contributed by atoms with Gasteiger partial charge in [0.25, 0.3) is 11.8 Å². The van der Waals surface area contributed by atoms with Gasteiger partial charge in [-0.2, -0.15) is 13.2 Å². The summed E-state index contributed by atoms with van der Waals surface area (Å²) in [6.45, 7) is 3.85. The standard InChI is InChI=1S/C24H26F4N4O5S/c1-14(2)23(6-8-38(34,35)9-7-23)31-21(33)20-15(3)32-12-17(4-5-19(32)30-20)37-22-18(10-16(25)11-29-22)36-13-24(26,27)28/h4-5,10-12,14H,6-9,13H2,1-3H3,(H,31,33). The Hall–Kier alpha value is -3.42. The smallest absolute Gasteiger partial charge is 0.422 e. The van der Waals surface area contributed by atoms with Crippen molar-refractivity contribution in [2.75, 3.05) is 18.1 Å². The molecule has 0 unspecified atom stereocenters. The second kappa shape index (κ2) is 10.0. The number of pyridine rings is 2. The number of hydrogen-bond acceptors (Lipinski definition) is 7. The summed E-state index contributed by atoms with van der Waals surface area (Å²) in [5.41, 5.74) is 0.279. The van der Waals surface area contributed by atoms with E-state index in [1.807, 2.05) is 13.8 Å². The molecule has 1 aliphatic heterocycles. The Balaban J connectivity index is 1.58. The van der Waals surface area contributed by atoms with Crippen molar-refractivity contribution in [1.29, 1.82) is 0 Å². The summed E-state index contributed by atoms with van der Waals surface area (Å²) < 4.78 is 87.0. The highest BCUT2D eigenvalue weighted by molar-refractivity contribution is 7.91. The van der Waals surface area contributed by atoms with Gasteiger partial charge in [-0.1, -0.05) is 13.8 Å². The number of ether oxygens (including phenoxy) is 2. The number of carbonyl (C=O) groups is 1. The van der Waals surface area contributed by atoms with E-state index in [-0.39, 0.29) is 34.7 Å². The van der Waals surface area contributed by atoms with Crippen molar-refractivity contribution in [3.8, 4) is 17.4 Å². The Bertz CT molecular complexity index is 1460. The van der Waals surface area contributed by atoms with Gasteiger partial charge < -0.3 is 14.8 Å². The molecular formula is C24H26F4N4O5S. The van der Waals surface area contributed by atoms with E-state index in [9.17, 15) is 30.8 Å². The van der Waals surface area contributed by atoms with Gasteiger partial charge in [0.2, 0.25) is 0 Å². The Morgan fingerprint density at radius 3 is 2.55 bits per heavy atom. The molecule has 1 fully saturated rings. The summed E-state index contributed by atoms with van der Waals surface area (Å²) in [6.07, 6.45) is -1.81. The molecule has 9 nitrogen and oxygen atoms in total. The van der Waals surface area contributed by atoms with Gasteiger partial charge in [-0.3, -0.25) is 9.20 Å². The third-order valence-electron chi connectivity index (χ3n) is 6.62. The Kier molecular flexibility index (Phi) is 7.30. The molecule has 4 heterocycles. The van der Waals surface area contributed by atoms with Crippen molar-refractivity contribution in [3.63, 3.8) is 0 Å². The quantitative estimate of drug-likeness (QED) is 0.432. The molecule has 0 aliphatic carbocycles. The van der Waals surface area contributed by atoms with Crippen molar-refractivity contribution in [2.24, 2.45) is 5.92 Å². The zero-order valence-corrected chi connectivity index (χ0v) is 21.6. The van der Waals surface area contributed by atoms with Gasteiger partial charge >= 0.3 is 6.18 Å². The number of imidazole rings is 1. The molecule has 14 heteroatoms. The predicted octanol–water partition coefficient (Wildman–Crippen LogP) is 4.24. The molecule has 0 atom stereocenters. The van der Waals surface area contributed by atoms with Crippen LogP contribution >= 0.6 is 0 Å². The molecule has 206 valence electrons. The van der Waals surface area contributed by atoms with Crippen LogP contribution < -0.4 is 14.8 Å². The maximum Gasteiger partial charge on any atom is 0.422 e. The summed E-state index contributed by atoms with van der Waals surface area (Å²) in [6, 6.07) is 3.73. The molecule has 0 aromatic carbocycles. The molecule has 0 bridgehead atoms. The van der Waals surface area contributed by atoms with Crippen LogP contribution in [0.15, 0.2) is 30.6 Å². The fourth-order valence-corrected chi connectivity index (χ4v) is 5.87. The third kappa shape index (κ3) is 6.00. The number of amides is 1. The van der Waals surface area contributed by atoms with Gasteiger partial charge in [-0.05, 0) is 37.8 Å². The first-order valence-corrected chi connectivity index (χ1v) is 13.5.